The minimum absolute atomic E-state index is 0.0435. The Balaban J connectivity index is 2.85. The van der Waals surface area contributed by atoms with E-state index in [4.69, 9.17) is 0 Å². The van der Waals surface area contributed by atoms with E-state index in [2.05, 4.69) is 12.2 Å². The van der Waals surface area contributed by atoms with Crippen LogP contribution in [-0.4, -0.2) is 49.0 Å². The second-order valence-corrected chi connectivity index (χ2v) is 8.93. The molecule has 1 aliphatic rings. The van der Waals surface area contributed by atoms with Crippen molar-refractivity contribution in [1.82, 2.24) is 10.2 Å². The van der Waals surface area contributed by atoms with Gasteiger partial charge in [0.05, 0.1) is 17.0 Å². The summed E-state index contributed by atoms with van der Waals surface area (Å²) in [5.74, 6) is 0.0435. The number of sulfone groups is 1. The molecule has 0 aliphatic carbocycles. The molecule has 0 aromatic carbocycles. The lowest BCUT2D eigenvalue weighted by molar-refractivity contribution is -0.130. The average Bonchev–Trinajstić information content (AvgIpc) is 2.62. The number of nitrogens with zero attached hydrogens (tertiary/aromatic N) is 1. The van der Waals surface area contributed by atoms with Crippen LogP contribution in [-0.2, 0) is 14.6 Å². The molecule has 6 heteroatoms. The first-order chi connectivity index (χ1) is 9.14. The van der Waals surface area contributed by atoms with Gasteiger partial charge in [-0.25, -0.2) is 8.42 Å². The third-order valence-corrected chi connectivity index (χ3v) is 6.28. The Morgan fingerprint density at radius 1 is 1.30 bits per heavy atom. The quantitative estimate of drug-likeness (QED) is 0.775. The normalized spacial score (nSPS) is 24.4. The second kappa shape index (κ2) is 6.43. The third-order valence-electron chi connectivity index (χ3n) is 4.14. The Kier molecular flexibility index (Phi) is 5.61. The second-order valence-electron chi connectivity index (χ2n) is 6.28. The highest BCUT2D eigenvalue weighted by Crippen LogP contribution is 2.24. The van der Waals surface area contributed by atoms with E-state index >= 15 is 0 Å². The number of hydrogen-bond donors (Lipinski definition) is 1. The van der Waals surface area contributed by atoms with E-state index in [9.17, 15) is 13.2 Å². The summed E-state index contributed by atoms with van der Waals surface area (Å²) < 4.78 is 22.8. The highest BCUT2D eigenvalue weighted by Gasteiger charge is 2.42. The molecule has 0 spiro atoms. The van der Waals surface area contributed by atoms with Gasteiger partial charge in [0.1, 0.15) is 0 Å². The van der Waals surface area contributed by atoms with Gasteiger partial charge in [-0.15, -0.1) is 0 Å². The fourth-order valence-corrected chi connectivity index (χ4v) is 2.79. The van der Waals surface area contributed by atoms with Crippen molar-refractivity contribution >= 4 is 15.7 Å². The van der Waals surface area contributed by atoms with Gasteiger partial charge in [-0.2, -0.15) is 0 Å². The van der Waals surface area contributed by atoms with Gasteiger partial charge in [0.25, 0.3) is 0 Å². The Labute approximate surface area is 123 Å². The van der Waals surface area contributed by atoms with Crippen molar-refractivity contribution in [2.45, 2.75) is 70.3 Å². The maximum Gasteiger partial charge on any atom is 0.241 e. The predicted molar refractivity (Wildman–Crippen MR) is 81.2 cm³/mol. The van der Waals surface area contributed by atoms with Gasteiger partial charge in [0.2, 0.25) is 5.91 Å². The van der Waals surface area contributed by atoms with Crippen LogP contribution in [0.25, 0.3) is 0 Å². The van der Waals surface area contributed by atoms with Gasteiger partial charge < -0.3 is 4.90 Å². The molecule has 2 unspecified atom stereocenters. The van der Waals surface area contributed by atoms with Gasteiger partial charge in [-0.05, 0) is 26.7 Å². The molecule has 2 atom stereocenters. The predicted octanol–water partition coefficient (Wildman–Crippen LogP) is 1.54. The number of carbonyl (C=O) groups is 1. The zero-order valence-corrected chi connectivity index (χ0v) is 14.1. The van der Waals surface area contributed by atoms with Gasteiger partial charge in [-0.1, -0.05) is 26.7 Å². The Morgan fingerprint density at radius 2 is 1.90 bits per heavy atom. The molecule has 1 amide bonds. The van der Waals surface area contributed by atoms with Crippen LogP contribution < -0.4 is 5.32 Å². The number of amides is 1. The molecule has 5 nitrogen and oxygen atoms in total. The van der Waals surface area contributed by atoms with Crippen LogP contribution in [0.3, 0.4) is 0 Å². The Morgan fingerprint density at radius 3 is 2.35 bits per heavy atom. The van der Waals surface area contributed by atoms with Crippen LogP contribution >= 0.6 is 0 Å². The first kappa shape index (κ1) is 17.4. The molecule has 1 fully saturated rings. The Hall–Kier alpha value is -0.620. The van der Waals surface area contributed by atoms with E-state index in [0.717, 1.165) is 25.7 Å². The van der Waals surface area contributed by atoms with Crippen LogP contribution in [0.2, 0.25) is 0 Å². The van der Waals surface area contributed by atoms with Crippen molar-refractivity contribution in [2.75, 3.05) is 12.8 Å². The fourth-order valence-electron chi connectivity index (χ4n) is 2.42. The lowest BCUT2D eigenvalue weighted by Gasteiger charge is -2.31. The SMILES string of the molecule is CCCCC1NC(CC)N(CC(C)(C)S(C)(=O)=O)C1=O. The maximum absolute atomic E-state index is 12.5. The molecule has 0 bridgehead atoms. The largest absolute Gasteiger partial charge is 0.324 e. The van der Waals surface area contributed by atoms with Crippen LogP contribution in [0.15, 0.2) is 0 Å². The van der Waals surface area contributed by atoms with Crippen molar-refractivity contribution in [3.63, 3.8) is 0 Å². The van der Waals surface area contributed by atoms with Crippen LogP contribution in [0.5, 0.6) is 0 Å². The molecule has 0 radical (unpaired) electrons. The van der Waals surface area contributed by atoms with Gasteiger partial charge in [-0.3, -0.25) is 10.1 Å². The fraction of sp³-hybridized carbons (Fsp3) is 0.929. The molecule has 1 N–H and O–H groups in total. The molecule has 1 saturated heterocycles. The number of nitrogens with one attached hydrogen (secondary N) is 1. The molecule has 1 heterocycles. The highest BCUT2D eigenvalue weighted by atomic mass is 32.2. The standard InChI is InChI=1S/C14H28N2O3S/c1-6-8-9-11-13(17)16(12(7-2)15-11)10-14(3,4)20(5,18)19/h11-12,15H,6-10H2,1-5H3. The minimum atomic E-state index is -3.20. The summed E-state index contributed by atoms with van der Waals surface area (Å²) >= 11 is 0. The topological polar surface area (TPSA) is 66.5 Å². The summed E-state index contributed by atoms with van der Waals surface area (Å²) in [6.07, 6.45) is 4.84. The summed E-state index contributed by atoms with van der Waals surface area (Å²) in [6, 6.07) is -0.157. The number of unbranched alkanes of at least 4 members (excludes halogenated alkanes) is 1. The van der Waals surface area contributed by atoms with Crippen molar-refractivity contribution < 1.29 is 13.2 Å². The monoisotopic (exact) mass is 304 g/mol. The minimum Gasteiger partial charge on any atom is -0.324 e. The van der Waals surface area contributed by atoms with Crippen molar-refractivity contribution in [3.05, 3.63) is 0 Å². The zero-order chi connectivity index (χ0) is 15.6. The maximum atomic E-state index is 12.5. The lowest BCUT2D eigenvalue weighted by atomic mass is 10.1. The number of hydrogen-bond acceptors (Lipinski definition) is 4. The Bertz CT molecular complexity index is 445. The van der Waals surface area contributed by atoms with Crippen molar-refractivity contribution in [1.29, 1.82) is 0 Å². The third kappa shape index (κ3) is 3.73. The highest BCUT2D eigenvalue weighted by molar-refractivity contribution is 7.92. The first-order valence-corrected chi connectivity index (χ1v) is 9.29. The zero-order valence-electron chi connectivity index (χ0n) is 13.3. The van der Waals surface area contributed by atoms with Gasteiger partial charge >= 0.3 is 0 Å². The smallest absolute Gasteiger partial charge is 0.241 e. The van der Waals surface area contributed by atoms with Crippen molar-refractivity contribution in [2.24, 2.45) is 0 Å². The summed E-state index contributed by atoms with van der Waals surface area (Å²) in [7, 11) is -3.20. The molecule has 118 valence electrons. The first-order valence-electron chi connectivity index (χ1n) is 7.40. The van der Waals surface area contributed by atoms with E-state index in [1.165, 1.54) is 6.26 Å². The molecule has 20 heavy (non-hydrogen) atoms. The molecule has 0 aromatic heterocycles. The summed E-state index contributed by atoms with van der Waals surface area (Å²) in [4.78, 5) is 14.2. The lowest BCUT2D eigenvalue weighted by Crippen LogP contribution is -2.48. The van der Waals surface area contributed by atoms with E-state index in [0.29, 0.717) is 0 Å². The number of rotatable bonds is 7. The molecule has 0 saturated carbocycles. The molecule has 1 aliphatic heterocycles. The van der Waals surface area contributed by atoms with E-state index < -0.39 is 14.6 Å². The van der Waals surface area contributed by atoms with Crippen LogP contribution in [0.1, 0.15) is 53.4 Å². The van der Waals surface area contributed by atoms with E-state index in [1.54, 1.807) is 18.7 Å². The summed E-state index contributed by atoms with van der Waals surface area (Å²) in [5.41, 5.74) is 0. The van der Waals surface area contributed by atoms with Gasteiger partial charge in [0, 0.05) is 12.8 Å². The summed E-state index contributed by atoms with van der Waals surface area (Å²) in [6.45, 7) is 7.72. The molecular formula is C14H28N2O3S. The van der Waals surface area contributed by atoms with E-state index in [1.807, 2.05) is 6.92 Å². The average molecular weight is 304 g/mol. The van der Waals surface area contributed by atoms with Crippen molar-refractivity contribution in [3.8, 4) is 0 Å². The molecule has 0 aromatic rings. The summed E-state index contributed by atoms with van der Waals surface area (Å²) in [5, 5.41) is 3.33. The number of carbonyl (C=O) groups excluding carboxylic acids is 1. The molecular weight excluding hydrogens is 276 g/mol. The van der Waals surface area contributed by atoms with Crippen LogP contribution in [0, 0.1) is 0 Å². The van der Waals surface area contributed by atoms with Crippen LogP contribution in [0.4, 0.5) is 0 Å². The van der Waals surface area contributed by atoms with Gasteiger partial charge in [0.15, 0.2) is 9.84 Å². The molecule has 1 rings (SSSR count). The van der Waals surface area contributed by atoms with E-state index in [-0.39, 0.29) is 24.7 Å².